The van der Waals surface area contributed by atoms with E-state index in [1.54, 1.807) is 18.2 Å². The molecule has 1 rings (SSSR count). The largest absolute Gasteiger partial charge is 0.490 e. The molecule has 0 aliphatic rings. The molecule has 4 nitrogen and oxygen atoms in total. The van der Waals surface area contributed by atoms with E-state index in [-0.39, 0.29) is 18.0 Å². The third-order valence-corrected chi connectivity index (χ3v) is 3.03. The van der Waals surface area contributed by atoms with Crippen LogP contribution in [0.5, 0.6) is 11.5 Å². The van der Waals surface area contributed by atoms with Gasteiger partial charge >= 0.3 is 0 Å². The second-order valence-electron chi connectivity index (χ2n) is 4.74. The van der Waals surface area contributed by atoms with Crippen LogP contribution < -0.4 is 9.47 Å². The van der Waals surface area contributed by atoms with E-state index in [1.165, 1.54) is 0 Å². The number of ketones is 2. The number of hydrogen-bond acceptors (Lipinski definition) is 4. The van der Waals surface area contributed by atoms with Crippen molar-refractivity contribution in [3.05, 3.63) is 23.8 Å². The molecule has 1 aromatic rings. The summed E-state index contributed by atoms with van der Waals surface area (Å²) in [6.45, 7) is 6.68. The van der Waals surface area contributed by atoms with Gasteiger partial charge in [0.15, 0.2) is 17.3 Å². The smallest absolute Gasteiger partial charge is 0.174 e. The molecule has 0 atom stereocenters. The number of para-hydroxylation sites is 1. The van der Waals surface area contributed by atoms with E-state index < -0.39 is 0 Å². The molecule has 0 spiro atoms. The lowest BCUT2D eigenvalue weighted by Gasteiger charge is -2.14. The van der Waals surface area contributed by atoms with Crippen LogP contribution >= 0.6 is 0 Å². The number of benzene rings is 1. The summed E-state index contributed by atoms with van der Waals surface area (Å²) in [7, 11) is 0. The lowest BCUT2D eigenvalue weighted by atomic mass is 10.0. The maximum Gasteiger partial charge on any atom is 0.174 e. The van der Waals surface area contributed by atoms with E-state index in [4.69, 9.17) is 9.47 Å². The van der Waals surface area contributed by atoms with Gasteiger partial charge < -0.3 is 9.47 Å². The van der Waals surface area contributed by atoms with Crippen molar-refractivity contribution in [2.24, 2.45) is 0 Å². The quantitative estimate of drug-likeness (QED) is 0.486. The minimum atomic E-state index is -0.207. The Balaban J connectivity index is 2.91. The van der Waals surface area contributed by atoms with Crippen molar-refractivity contribution in [2.75, 3.05) is 13.2 Å². The van der Waals surface area contributed by atoms with Crippen LogP contribution in [0.1, 0.15) is 56.8 Å². The molecule has 0 aromatic heterocycles. The Kier molecular flexibility index (Phi) is 7.51. The molecule has 0 N–H and O–H groups in total. The molecule has 0 aliphatic heterocycles. The maximum atomic E-state index is 12.3. The predicted octanol–water partition coefficient (Wildman–Crippen LogP) is 3.82. The monoisotopic (exact) mass is 292 g/mol. The molecular formula is C17H24O4. The Morgan fingerprint density at radius 1 is 1.05 bits per heavy atom. The molecule has 0 heterocycles. The summed E-state index contributed by atoms with van der Waals surface area (Å²) in [4.78, 5) is 24.1. The standard InChI is InChI=1S/C17H24O4/c1-4-7-9-13(18)12-15(19)14-10-8-11-16(20-5-2)17(14)21-6-3/h8,10-11H,4-7,9,12H2,1-3H3. The molecule has 0 aliphatic carbocycles. The average molecular weight is 292 g/mol. The summed E-state index contributed by atoms with van der Waals surface area (Å²) in [6.07, 6.45) is 2.15. The van der Waals surface area contributed by atoms with Crippen LogP contribution in [0.4, 0.5) is 0 Å². The third kappa shape index (κ3) is 5.21. The molecule has 21 heavy (non-hydrogen) atoms. The summed E-state index contributed by atoms with van der Waals surface area (Å²) in [5, 5.41) is 0. The second-order valence-corrected chi connectivity index (χ2v) is 4.74. The molecule has 0 amide bonds. The lowest BCUT2D eigenvalue weighted by Crippen LogP contribution is -2.11. The van der Waals surface area contributed by atoms with Crippen LogP contribution in [0.25, 0.3) is 0 Å². The number of Topliss-reactive ketones (excluding diaryl/α,β-unsaturated/α-hetero) is 2. The van der Waals surface area contributed by atoms with Crippen molar-refractivity contribution < 1.29 is 19.1 Å². The lowest BCUT2D eigenvalue weighted by molar-refractivity contribution is -0.118. The molecule has 0 unspecified atom stereocenters. The first-order chi connectivity index (χ1) is 10.1. The Hall–Kier alpha value is -1.84. The van der Waals surface area contributed by atoms with Gasteiger partial charge in [-0.2, -0.15) is 0 Å². The van der Waals surface area contributed by atoms with Gasteiger partial charge in [-0.15, -0.1) is 0 Å². The van der Waals surface area contributed by atoms with Gasteiger partial charge in [-0.1, -0.05) is 19.4 Å². The zero-order valence-electron chi connectivity index (χ0n) is 13.1. The van der Waals surface area contributed by atoms with Crippen LogP contribution in [0.2, 0.25) is 0 Å². The predicted molar refractivity (Wildman–Crippen MR) is 82.3 cm³/mol. The van der Waals surface area contributed by atoms with Crippen LogP contribution in [0, 0.1) is 0 Å². The molecule has 0 bridgehead atoms. The molecule has 0 radical (unpaired) electrons. The Morgan fingerprint density at radius 3 is 2.38 bits per heavy atom. The highest BCUT2D eigenvalue weighted by Gasteiger charge is 2.19. The van der Waals surface area contributed by atoms with Crippen molar-refractivity contribution in [1.29, 1.82) is 0 Å². The maximum absolute atomic E-state index is 12.3. The highest BCUT2D eigenvalue weighted by Crippen LogP contribution is 2.32. The second kappa shape index (κ2) is 9.16. The normalized spacial score (nSPS) is 10.2. The summed E-state index contributed by atoms with van der Waals surface area (Å²) in [5.41, 5.74) is 0.424. The molecular weight excluding hydrogens is 268 g/mol. The highest BCUT2D eigenvalue weighted by atomic mass is 16.5. The van der Waals surface area contributed by atoms with Gasteiger partial charge in [0.1, 0.15) is 5.78 Å². The van der Waals surface area contributed by atoms with Gasteiger partial charge in [-0.05, 0) is 32.4 Å². The van der Waals surface area contributed by atoms with Crippen LogP contribution in [-0.2, 0) is 4.79 Å². The number of rotatable bonds is 10. The number of carbonyl (C=O) groups excluding carboxylic acids is 2. The number of carbonyl (C=O) groups is 2. The van der Waals surface area contributed by atoms with E-state index in [2.05, 4.69) is 0 Å². The molecule has 0 fully saturated rings. The fraction of sp³-hybridized carbons (Fsp3) is 0.529. The van der Waals surface area contributed by atoms with Crippen molar-refractivity contribution in [3.63, 3.8) is 0 Å². The minimum absolute atomic E-state index is 0.0221. The number of ether oxygens (including phenoxy) is 2. The summed E-state index contributed by atoms with van der Waals surface area (Å²) in [6, 6.07) is 5.20. The van der Waals surface area contributed by atoms with Crippen molar-refractivity contribution in [1.82, 2.24) is 0 Å². The van der Waals surface area contributed by atoms with E-state index in [1.807, 2.05) is 20.8 Å². The van der Waals surface area contributed by atoms with E-state index in [0.717, 1.165) is 12.8 Å². The molecule has 4 heteroatoms. The fourth-order valence-corrected chi connectivity index (χ4v) is 2.03. The topological polar surface area (TPSA) is 52.6 Å². The van der Waals surface area contributed by atoms with Gasteiger partial charge in [0.2, 0.25) is 0 Å². The Morgan fingerprint density at radius 2 is 1.76 bits per heavy atom. The van der Waals surface area contributed by atoms with E-state index in [0.29, 0.717) is 36.7 Å². The zero-order valence-corrected chi connectivity index (χ0v) is 13.1. The minimum Gasteiger partial charge on any atom is -0.490 e. The third-order valence-electron chi connectivity index (χ3n) is 3.03. The molecule has 0 saturated carbocycles. The Bertz CT molecular complexity index is 480. The van der Waals surface area contributed by atoms with Gasteiger partial charge in [0, 0.05) is 6.42 Å². The SMILES string of the molecule is CCCCC(=O)CC(=O)c1cccc(OCC)c1OCC. The number of hydrogen-bond donors (Lipinski definition) is 0. The van der Waals surface area contributed by atoms with Crippen LogP contribution in [-0.4, -0.2) is 24.8 Å². The molecule has 0 saturated heterocycles. The summed E-state index contributed by atoms with van der Waals surface area (Å²) >= 11 is 0. The molecule has 1 aromatic carbocycles. The van der Waals surface area contributed by atoms with E-state index >= 15 is 0 Å². The van der Waals surface area contributed by atoms with Gasteiger partial charge in [-0.3, -0.25) is 9.59 Å². The van der Waals surface area contributed by atoms with Crippen molar-refractivity contribution in [3.8, 4) is 11.5 Å². The van der Waals surface area contributed by atoms with Gasteiger partial charge in [0.05, 0.1) is 25.2 Å². The summed E-state index contributed by atoms with van der Waals surface area (Å²) < 4.78 is 11.0. The first-order valence-corrected chi connectivity index (χ1v) is 7.57. The van der Waals surface area contributed by atoms with Crippen LogP contribution in [0.3, 0.4) is 0 Å². The number of unbranched alkanes of at least 4 members (excludes halogenated alkanes) is 1. The van der Waals surface area contributed by atoms with E-state index in [9.17, 15) is 9.59 Å². The zero-order chi connectivity index (χ0) is 15.7. The van der Waals surface area contributed by atoms with Gasteiger partial charge in [-0.25, -0.2) is 0 Å². The highest BCUT2D eigenvalue weighted by molar-refractivity contribution is 6.09. The molecule has 116 valence electrons. The van der Waals surface area contributed by atoms with Crippen molar-refractivity contribution in [2.45, 2.75) is 46.5 Å². The average Bonchev–Trinajstić information content (AvgIpc) is 2.47. The van der Waals surface area contributed by atoms with Crippen LogP contribution in [0.15, 0.2) is 18.2 Å². The van der Waals surface area contributed by atoms with Crippen molar-refractivity contribution >= 4 is 11.6 Å². The van der Waals surface area contributed by atoms with Gasteiger partial charge in [0.25, 0.3) is 0 Å². The summed E-state index contributed by atoms with van der Waals surface area (Å²) in [5.74, 6) is 0.758. The first-order valence-electron chi connectivity index (χ1n) is 7.57. The Labute approximate surface area is 126 Å². The first kappa shape index (κ1) is 17.2. The fourth-order valence-electron chi connectivity index (χ4n) is 2.03.